The number of carbonyl (C=O) groups is 1. The lowest BCUT2D eigenvalue weighted by Crippen LogP contribution is -2.31. The van der Waals surface area contributed by atoms with Gasteiger partial charge in [0, 0.05) is 12.1 Å². The first-order chi connectivity index (χ1) is 9.63. The number of ether oxygens (including phenoxy) is 1. The van der Waals surface area contributed by atoms with E-state index in [9.17, 15) is 4.79 Å². The van der Waals surface area contributed by atoms with Crippen molar-refractivity contribution in [3.63, 3.8) is 0 Å². The average molecular weight is 267 g/mol. The number of benzene rings is 2. The van der Waals surface area contributed by atoms with Crippen molar-refractivity contribution in [3.05, 3.63) is 59.2 Å². The molecule has 0 saturated carbocycles. The highest BCUT2D eigenvalue weighted by molar-refractivity contribution is 5.95. The molecule has 2 aromatic rings. The van der Waals surface area contributed by atoms with E-state index in [-0.39, 0.29) is 5.91 Å². The summed E-state index contributed by atoms with van der Waals surface area (Å²) in [5, 5.41) is 2.92. The van der Waals surface area contributed by atoms with Crippen LogP contribution in [0.25, 0.3) is 0 Å². The maximum atomic E-state index is 12.2. The van der Waals surface area contributed by atoms with Crippen molar-refractivity contribution in [3.8, 4) is 5.75 Å². The molecule has 20 heavy (non-hydrogen) atoms. The van der Waals surface area contributed by atoms with Crippen molar-refractivity contribution in [1.82, 2.24) is 0 Å². The molecule has 3 nitrogen and oxygen atoms in total. The Morgan fingerprint density at radius 2 is 1.95 bits per heavy atom. The van der Waals surface area contributed by atoms with Crippen molar-refractivity contribution in [1.29, 1.82) is 0 Å². The maximum Gasteiger partial charge on any atom is 0.265 e. The van der Waals surface area contributed by atoms with Crippen LogP contribution in [0.4, 0.5) is 5.69 Å². The van der Waals surface area contributed by atoms with Gasteiger partial charge in [0.1, 0.15) is 5.75 Å². The zero-order chi connectivity index (χ0) is 14.1. The van der Waals surface area contributed by atoms with Crippen LogP contribution < -0.4 is 10.1 Å². The molecule has 0 aliphatic carbocycles. The van der Waals surface area contributed by atoms with Crippen LogP contribution in [0.15, 0.2) is 42.5 Å². The maximum absolute atomic E-state index is 12.2. The molecule has 1 aliphatic rings. The molecule has 0 saturated heterocycles. The highest BCUT2D eigenvalue weighted by Crippen LogP contribution is 2.28. The van der Waals surface area contributed by atoms with E-state index < -0.39 is 6.10 Å². The molecule has 102 valence electrons. The lowest BCUT2D eigenvalue weighted by molar-refractivity contribution is -0.122. The Morgan fingerprint density at radius 1 is 1.15 bits per heavy atom. The van der Waals surface area contributed by atoms with Crippen LogP contribution in [0, 0.1) is 13.8 Å². The minimum Gasteiger partial charge on any atom is -0.480 e. The molecule has 1 amide bonds. The third-order valence-electron chi connectivity index (χ3n) is 3.71. The Morgan fingerprint density at radius 3 is 2.70 bits per heavy atom. The third-order valence-corrected chi connectivity index (χ3v) is 3.71. The highest BCUT2D eigenvalue weighted by atomic mass is 16.5. The monoisotopic (exact) mass is 267 g/mol. The van der Waals surface area contributed by atoms with Crippen LogP contribution in [0.3, 0.4) is 0 Å². The number of amides is 1. The van der Waals surface area contributed by atoms with E-state index >= 15 is 0 Å². The molecule has 0 radical (unpaired) electrons. The molecular weight excluding hydrogens is 250 g/mol. The number of hydrogen-bond donors (Lipinski definition) is 1. The van der Waals surface area contributed by atoms with E-state index in [2.05, 4.69) is 12.2 Å². The Bertz CT molecular complexity index is 639. The third kappa shape index (κ3) is 2.39. The Hall–Kier alpha value is -2.29. The molecule has 0 unspecified atom stereocenters. The number of aryl methyl sites for hydroxylation is 2. The molecule has 3 heteroatoms. The van der Waals surface area contributed by atoms with Crippen molar-refractivity contribution >= 4 is 11.6 Å². The first-order valence-corrected chi connectivity index (χ1v) is 6.76. The fourth-order valence-electron chi connectivity index (χ4n) is 2.37. The molecule has 1 N–H and O–H groups in total. The number of anilines is 1. The Kier molecular flexibility index (Phi) is 3.18. The first-order valence-electron chi connectivity index (χ1n) is 6.76. The van der Waals surface area contributed by atoms with Crippen LogP contribution in [-0.2, 0) is 11.2 Å². The number of carbonyl (C=O) groups excluding carboxylic acids is 1. The number of hydrogen-bond acceptors (Lipinski definition) is 2. The summed E-state index contributed by atoms with van der Waals surface area (Å²) in [4.78, 5) is 12.2. The second-order valence-electron chi connectivity index (χ2n) is 5.21. The topological polar surface area (TPSA) is 38.3 Å². The predicted molar refractivity (Wildman–Crippen MR) is 79.1 cm³/mol. The van der Waals surface area contributed by atoms with Gasteiger partial charge in [0.05, 0.1) is 0 Å². The van der Waals surface area contributed by atoms with Gasteiger partial charge in [0.15, 0.2) is 6.10 Å². The van der Waals surface area contributed by atoms with Gasteiger partial charge in [-0.25, -0.2) is 0 Å². The van der Waals surface area contributed by atoms with Crippen LogP contribution >= 0.6 is 0 Å². The summed E-state index contributed by atoms with van der Waals surface area (Å²) in [5.41, 5.74) is 4.29. The minimum absolute atomic E-state index is 0.0931. The van der Waals surface area contributed by atoms with Crippen LogP contribution in [0.5, 0.6) is 5.75 Å². The highest BCUT2D eigenvalue weighted by Gasteiger charge is 2.28. The number of para-hydroxylation sites is 1. The summed E-state index contributed by atoms with van der Waals surface area (Å²) in [5.74, 6) is 0.720. The average Bonchev–Trinajstić information content (AvgIpc) is 2.87. The molecule has 1 atom stereocenters. The van der Waals surface area contributed by atoms with Crippen LogP contribution in [0.2, 0.25) is 0 Å². The predicted octanol–water partition coefficient (Wildman–Crippen LogP) is 3.25. The smallest absolute Gasteiger partial charge is 0.265 e. The van der Waals surface area contributed by atoms with Gasteiger partial charge >= 0.3 is 0 Å². The molecule has 2 aromatic carbocycles. The van der Waals surface area contributed by atoms with Crippen molar-refractivity contribution in [2.24, 2.45) is 0 Å². The summed E-state index contributed by atoms with van der Waals surface area (Å²) >= 11 is 0. The van der Waals surface area contributed by atoms with Gasteiger partial charge in [-0.3, -0.25) is 4.79 Å². The second-order valence-corrected chi connectivity index (χ2v) is 5.21. The zero-order valence-corrected chi connectivity index (χ0v) is 11.6. The fourth-order valence-corrected chi connectivity index (χ4v) is 2.37. The molecule has 1 heterocycles. The molecule has 3 rings (SSSR count). The zero-order valence-electron chi connectivity index (χ0n) is 11.6. The SMILES string of the molecule is Cc1ccc(NC(=O)[C@@H]2Cc3ccccc3O2)cc1C. The molecule has 0 spiro atoms. The second kappa shape index (κ2) is 5.00. The normalized spacial score (nSPS) is 16.4. The van der Waals surface area contributed by atoms with Crippen LogP contribution in [-0.4, -0.2) is 12.0 Å². The first kappa shape index (κ1) is 12.7. The van der Waals surface area contributed by atoms with E-state index in [4.69, 9.17) is 4.74 Å². The van der Waals surface area contributed by atoms with Gasteiger partial charge in [-0.05, 0) is 48.7 Å². The van der Waals surface area contributed by atoms with Crippen LogP contribution in [0.1, 0.15) is 16.7 Å². The van der Waals surface area contributed by atoms with Gasteiger partial charge in [-0.1, -0.05) is 24.3 Å². The van der Waals surface area contributed by atoms with Gasteiger partial charge in [0.2, 0.25) is 0 Å². The largest absolute Gasteiger partial charge is 0.480 e. The summed E-state index contributed by atoms with van der Waals surface area (Å²) in [6, 6.07) is 13.7. The fraction of sp³-hybridized carbons (Fsp3) is 0.235. The standard InChI is InChI=1S/C17H17NO2/c1-11-7-8-14(9-12(11)2)18-17(19)16-10-13-5-3-4-6-15(13)20-16/h3-9,16H,10H2,1-2H3,(H,18,19)/t16-/m0/s1. The summed E-state index contributed by atoms with van der Waals surface area (Å²) in [6.45, 7) is 4.09. The molecular formula is C17H17NO2. The summed E-state index contributed by atoms with van der Waals surface area (Å²) in [6.07, 6.45) is 0.196. The lowest BCUT2D eigenvalue weighted by atomic mass is 10.1. The molecule has 0 bridgehead atoms. The summed E-state index contributed by atoms with van der Waals surface area (Å²) < 4.78 is 5.68. The van der Waals surface area contributed by atoms with Gasteiger partial charge in [0.25, 0.3) is 5.91 Å². The quantitative estimate of drug-likeness (QED) is 0.907. The molecule has 0 fully saturated rings. The number of nitrogens with one attached hydrogen (secondary N) is 1. The van der Waals surface area contributed by atoms with E-state index in [1.165, 1.54) is 11.1 Å². The molecule has 0 aromatic heterocycles. The van der Waals surface area contributed by atoms with E-state index in [1.54, 1.807) is 0 Å². The number of rotatable bonds is 2. The van der Waals surface area contributed by atoms with Gasteiger partial charge in [-0.15, -0.1) is 0 Å². The van der Waals surface area contributed by atoms with Gasteiger partial charge in [-0.2, -0.15) is 0 Å². The molecule has 1 aliphatic heterocycles. The summed E-state index contributed by atoms with van der Waals surface area (Å²) in [7, 11) is 0. The van der Waals surface area contributed by atoms with Gasteiger partial charge < -0.3 is 10.1 Å². The van der Waals surface area contributed by atoms with Crippen molar-refractivity contribution < 1.29 is 9.53 Å². The van der Waals surface area contributed by atoms with Crippen molar-refractivity contribution in [2.45, 2.75) is 26.4 Å². The van der Waals surface area contributed by atoms with E-state index in [0.29, 0.717) is 6.42 Å². The lowest BCUT2D eigenvalue weighted by Gasteiger charge is -2.12. The minimum atomic E-state index is -0.436. The Balaban J connectivity index is 1.71. The number of fused-ring (bicyclic) bond motifs is 1. The van der Waals surface area contributed by atoms with E-state index in [0.717, 1.165) is 17.0 Å². The van der Waals surface area contributed by atoms with E-state index in [1.807, 2.05) is 49.4 Å². The Labute approximate surface area is 118 Å². The van der Waals surface area contributed by atoms with Crippen molar-refractivity contribution in [2.75, 3.05) is 5.32 Å².